The predicted octanol–water partition coefficient (Wildman–Crippen LogP) is 5.87. The monoisotopic (exact) mass is 320 g/mol. The summed E-state index contributed by atoms with van der Waals surface area (Å²) >= 11 is 0. The summed E-state index contributed by atoms with van der Waals surface area (Å²) in [5, 5.41) is 0. The molecule has 2 aromatic carbocycles. The maximum atomic E-state index is 6.37. The minimum absolute atomic E-state index is 0.300. The summed E-state index contributed by atoms with van der Waals surface area (Å²) in [6, 6.07) is 16.9. The van der Waals surface area contributed by atoms with Gasteiger partial charge in [0, 0.05) is 11.1 Å². The molecule has 1 heterocycles. The van der Waals surface area contributed by atoms with Crippen molar-refractivity contribution in [2.45, 2.75) is 51.4 Å². The van der Waals surface area contributed by atoms with Gasteiger partial charge in [-0.3, -0.25) is 0 Å². The van der Waals surface area contributed by atoms with Crippen LogP contribution in [0.2, 0.25) is 0 Å². The smallest absolute Gasteiger partial charge is 0.227 e. The van der Waals surface area contributed by atoms with Crippen molar-refractivity contribution in [3.05, 3.63) is 70.8 Å². The van der Waals surface area contributed by atoms with E-state index in [1.165, 1.54) is 30.4 Å². The van der Waals surface area contributed by atoms with Gasteiger partial charge in [0.2, 0.25) is 6.29 Å². The zero-order valence-electron chi connectivity index (χ0n) is 14.2. The van der Waals surface area contributed by atoms with Gasteiger partial charge < -0.3 is 9.47 Å². The van der Waals surface area contributed by atoms with Crippen LogP contribution < -0.4 is 0 Å². The van der Waals surface area contributed by atoms with Gasteiger partial charge in [0.15, 0.2) is 0 Å². The quantitative estimate of drug-likeness (QED) is 0.704. The van der Waals surface area contributed by atoms with Crippen LogP contribution >= 0.6 is 0 Å². The zero-order valence-corrected chi connectivity index (χ0v) is 14.2. The summed E-state index contributed by atoms with van der Waals surface area (Å²) in [4.78, 5) is 0. The van der Waals surface area contributed by atoms with Crippen molar-refractivity contribution in [3.63, 3.8) is 0 Å². The molecule has 0 N–H and O–H groups in total. The molecule has 24 heavy (non-hydrogen) atoms. The molecule has 1 atom stereocenters. The SMILES string of the molecule is Cc1ccc(C2=Cc3ccccc3[C@H](OC3CCCCC3)O2)cc1. The first-order valence-corrected chi connectivity index (χ1v) is 8.99. The van der Waals surface area contributed by atoms with Crippen LogP contribution in [0.4, 0.5) is 0 Å². The zero-order chi connectivity index (χ0) is 16.4. The number of ether oxygens (including phenoxy) is 2. The lowest BCUT2D eigenvalue weighted by atomic mass is 9.97. The summed E-state index contributed by atoms with van der Waals surface area (Å²) in [6.07, 6.45) is 8.29. The normalized spacial score (nSPS) is 20.9. The molecule has 0 saturated heterocycles. The van der Waals surface area contributed by atoms with E-state index in [1.807, 2.05) is 0 Å². The Labute approximate surface area is 144 Å². The van der Waals surface area contributed by atoms with Gasteiger partial charge in [0.05, 0.1) is 6.10 Å². The van der Waals surface area contributed by atoms with Gasteiger partial charge >= 0.3 is 0 Å². The Hall–Kier alpha value is -2.06. The van der Waals surface area contributed by atoms with E-state index in [-0.39, 0.29) is 6.29 Å². The van der Waals surface area contributed by atoms with Crippen molar-refractivity contribution < 1.29 is 9.47 Å². The highest BCUT2D eigenvalue weighted by Gasteiger charge is 2.27. The van der Waals surface area contributed by atoms with Crippen LogP contribution in [-0.2, 0) is 9.47 Å². The molecule has 0 aromatic heterocycles. The van der Waals surface area contributed by atoms with E-state index in [0.29, 0.717) is 6.10 Å². The minimum Gasteiger partial charge on any atom is -0.460 e. The number of benzene rings is 2. The van der Waals surface area contributed by atoms with E-state index < -0.39 is 0 Å². The Morgan fingerprint density at radius 3 is 2.46 bits per heavy atom. The third-order valence-corrected chi connectivity index (χ3v) is 4.97. The lowest BCUT2D eigenvalue weighted by Gasteiger charge is -2.32. The summed E-state index contributed by atoms with van der Waals surface area (Å²) in [5.41, 5.74) is 4.69. The van der Waals surface area contributed by atoms with Crippen LogP contribution in [0.3, 0.4) is 0 Å². The third kappa shape index (κ3) is 3.25. The first-order valence-electron chi connectivity index (χ1n) is 8.99. The highest BCUT2D eigenvalue weighted by molar-refractivity contribution is 5.80. The Bertz CT molecular complexity index is 724. The molecule has 0 spiro atoms. The molecule has 124 valence electrons. The Balaban J connectivity index is 1.63. The molecule has 2 aromatic rings. The fourth-order valence-electron chi connectivity index (χ4n) is 3.56. The van der Waals surface area contributed by atoms with Gasteiger partial charge in [-0.1, -0.05) is 73.4 Å². The number of hydrogen-bond acceptors (Lipinski definition) is 2. The number of fused-ring (bicyclic) bond motifs is 1. The highest BCUT2D eigenvalue weighted by Crippen LogP contribution is 2.38. The van der Waals surface area contributed by atoms with Crippen LogP contribution in [0.1, 0.15) is 60.6 Å². The molecule has 2 nitrogen and oxygen atoms in total. The minimum atomic E-state index is -0.300. The highest BCUT2D eigenvalue weighted by atomic mass is 16.7. The van der Waals surface area contributed by atoms with Crippen molar-refractivity contribution in [1.82, 2.24) is 0 Å². The molecule has 4 rings (SSSR count). The fraction of sp³-hybridized carbons (Fsp3) is 0.364. The molecule has 1 aliphatic carbocycles. The molecular weight excluding hydrogens is 296 g/mol. The summed E-state index contributed by atoms with van der Waals surface area (Å²) in [7, 11) is 0. The van der Waals surface area contributed by atoms with Crippen LogP contribution in [0.25, 0.3) is 11.8 Å². The standard InChI is InChI=1S/C22H24O2/c1-16-11-13-17(14-12-16)21-15-18-7-5-6-10-20(18)22(24-21)23-19-8-3-2-4-9-19/h5-7,10-15,19,22H,2-4,8-9H2,1H3/t22-/m1/s1. The molecule has 2 heteroatoms. The van der Waals surface area contributed by atoms with Gasteiger partial charge in [-0.05, 0) is 31.4 Å². The summed E-state index contributed by atoms with van der Waals surface area (Å²) < 4.78 is 12.7. The topological polar surface area (TPSA) is 18.5 Å². The third-order valence-electron chi connectivity index (χ3n) is 4.97. The van der Waals surface area contributed by atoms with E-state index in [2.05, 4.69) is 61.5 Å². The Morgan fingerprint density at radius 1 is 0.917 bits per heavy atom. The molecule has 0 amide bonds. The molecule has 1 aliphatic heterocycles. The lowest BCUT2D eigenvalue weighted by molar-refractivity contribution is -0.146. The van der Waals surface area contributed by atoms with Crippen molar-refractivity contribution >= 4 is 11.8 Å². The van der Waals surface area contributed by atoms with Crippen LogP contribution in [-0.4, -0.2) is 6.10 Å². The Kier molecular flexibility index (Phi) is 4.40. The Morgan fingerprint density at radius 2 is 1.67 bits per heavy atom. The van der Waals surface area contributed by atoms with E-state index in [0.717, 1.165) is 29.7 Å². The molecule has 1 saturated carbocycles. The second-order valence-electron chi connectivity index (χ2n) is 6.85. The van der Waals surface area contributed by atoms with Crippen LogP contribution in [0, 0.1) is 6.92 Å². The summed E-state index contributed by atoms with van der Waals surface area (Å²) in [5.74, 6) is 0.898. The maximum absolute atomic E-state index is 6.37. The molecule has 2 aliphatic rings. The van der Waals surface area contributed by atoms with Crippen molar-refractivity contribution in [3.8, 4) is 0 Å². The number of hydrogen-bond donors (Lipinski definition) is 0. The molecule has 1 fully saturated rings. The predicted molar refractivity (Wildman–Crippen MR) is 97.3 cm³/mol. The van der Waals surface area contributed by atoms with Crippen molar-refractivity contribution in [1.29, 1.82) is 0 Å². The number of rotatable bonds is 3. The second-order valence-corrected chi connectivity index (χ2v) is 6.85. The molecule has 0 radical (unpaired) electrons. The lowest BCUT2D eigenvalue weighted by Crippen LogP contribution is -2.23. The first kappa shape index (κ1) is 15.5. The molecule has 0 unspecified atom stereocenters. The number of aryl methyl sites for hydroxylation is 1. The van der Waals surface area contributed by atoms with E-state index >= 15 is 0 Å². The molecule has 0 bridgehead atoms. The van der Waals surface area contributed by atoms with Gasteiger partial charge in [0.1, 0.15) is 5.76 Å². The van der Waals surface area contributed by atoms with Crippen LogP contribution in [0.5, 0.6) is 0 Å². The van der Waals surface area contributed by atoms with Crippen LogP contribution in [0.15, 0.2) is 48.5 Å². The van der Waals surface area contributed by atoms with E-state index in [4.69, 9.17) is 9.47 Å². The first-order chi connectivity index (χ1) is 11.8. The van der Waals surface area contributed by atoms with E-state index in [9.17, 15) is 0 Å². The van der Waals surface area contributed by atoms with Gasteiger partial charge in [-0.25, -0.2) is 0 Å². The summed E-state index contributed by atoms with van der Waals surface area (Å²) in [6.45, 7) is 2.10. The maximum Gasteiger partial charge on any atom is 0.227 e. The largest absolute Gasteiger partial charge is 0.460 e. The van der Waals surface area contributed by atoms with Gasteiger partial charge in [-0.15, -0.1) is 0 Å². The van der Waals surface area contributed by atoms with E-state index in [1.54, 1.807) is 0 Å². The molecular formula is C22H24O2. The van der Waals surface area contributed by atoms with Gasteiger partial charge in [0.25, 0.3) is 0 Å². The fourth-order valence-corrected chi connectivity index (χ4v) is 3.56. The van der Waals surface area contributed by atoms with Crippen molar-refractivity contribution in [2.24, 2.45) is 0 Å². The van der Waals surface area contributed by atoms with Gasteiger partial charge in [-0.2, -0.15) is 0 Å². The second kappa shape index (κ2) is 6.82. The average molecular weight is 320 g/mol. The average Bonchev–Trinajstić information content (AvgIpc) is 2.63. The van der Waals surface area contributed by atoms with Crippen molar-refractivity contribution in [2.75, 3.05) is 0 Å².